The lowest BCUT2D eigenvalue weighted by molar-refractivity contribution is 0.0851. The second kappa shape index (κ2) is 10.7. The second-order valence-electron chi connectivity index (χ2n) is 10.1. The maximum atomic E-state index is 13.2. The first-order chi connectivity index (χ1) is 17.5. The van der Waals surface area contributed by atoms with E-state index in [1.54, 1.807) is 0 Å². The van der Waals surface area contributed by atoms with Gasteiger partial charge in [-0.15, -0.1) is 5.10 Å². The van der Waals surface area contributed by atoms with Gasteiger partial charge in [-0.1, -0.05) is 56.3 Å². The van der Waals surface area contributed by atoms with Crippen LogP contribution in [0.5, 0.6) is 0 Å². The van der Waals surface area contributed by atoms with Crippen molar-refractivity contribution in [3.8, 4) is 0 Å². The minimum atomic E-state index is -0.0882. The van der Waals surface area contributed by atoms with E-state index in [4.69, 9.17) is 4.74 Å². The normalized spacial score (nSPS) is 16.9. The highest BCUT2D eigenvalue weighted by atomic mass is 16.5. The standard InChI is InChI=1S/C28H34N6O2/c1-19(2)26(27-30-31-32-34(27)18-24-10-7-13-36-24)33(16-21-8-5-4-6-9-21)17-23-15-22-12-11-20(3)14-25(22)29-28(23)35/h4-6,8-9,11-12,14-15,19,24,26H,7,10,13,16-18H2,1-3H3,(H,29,35). The summed E-state index contributed by atoms with van der Waals surface area (Å²) in [7, 11) is 0. The Hall–Kier alpha value is -3.36. The van der Waals surface area contributed by atoms with Crippen LogP contribution in [0.25, 0.3) is 10.9 Å². The van der Waals surface area contributed by atoms with Crippen LogP contribution in [-0.2, 0) is 24.4 Å². The molecule has 8 nitrogen and oxygen atoms in total. The third kappa shape index (κ3) is 5.39. The fourth-order valence-electron chi connectivity index (χ4n) is 5.18. The smallest absolute Gasteiger partial charge is 0.252 e. The van der Waals surface area contributed by atoms with Gasteiger partial charge < -0.3 is 9.72 Å². The van der Waals surface area contributed by atoms with Crippen molar-refractivity contribution in [2.75, 3.05) is 6.61 Å². The van der Waals surface area contributed by atoms with Gasteiger partial charge in [-0.05, 0) is 64.8 Å². The van der Waals surface area contributed by atoms with Gasteiger partial charge in [0.05, 0.1) is 18.7 Å². The van der Waals surface area contributed by atoms with Crippen molar-refractivity contribution < 1.29 is 4.74 Å². The summed E-state index contributed by atoms with van der Waals surface area (Å²) in [6, 6.07) is 18.4. The third-order valence-corrected chi connectivity index (χ3v) is 6.93. The van der Waals surface area contributed by atoms with Crippen molar-refractivity contribution in [3.05, 3.63) is 87.5 Å². The van der Waals surface area contributed by atoms with E-state index in [9.17, 15) is 4.79 Å². The number of nitrogens with one attached hydrogen (secondary N) is 1. The maximum Gasteiger partial charge on any atom is 0.252 e. The van der Waals surface area contributed by atoms with Crippen molar-refractivity contribution in [1.29, 1.82) is 0 Å². The van der Waals surface area contributed by atoms with Gasteiger partial charge in [-0.2, -0.15) is 0 Å². The first-order valence-corrected chi connectivity index (χ1v) is 12.8. The quantitative estimate of drug-likeness (QED) is 0.377. The number of tetrazole rings is 1. The molecule has 188 valence electrons. The highest BCUT2D eigenvalue weighted by molar-refractivity contribution is 5.79. The summed E-state index contributed by atoms with van der Waals surface area (Å²) < 4.78 is 7.76. The van der Waals surface area contributed by atoms with Crippen LogP contribution in [0.1, 0.15) is 55.2 Å². The Labute approximate surface area is 211 Å². The molecule has 2 unspecified atom stereocenters. The highest BCUT2D eigenvalue weighted by Gasteiger charge is 2.31. The summed E-state index contributed by atoms with van der Waals surface area (Å²) in [5, 5.41) is 13.9. The van der Waals surface area contributed by atoms with E-state index in [0.717, 1.165) is 47.3 Å². The lowest BCUT2D eigenvalue weighted by Gasteiger charge is -2.33. The minimum absolute atomic E-state index is 0.0624. The van der Waals surface area contributed by atoms with Crippen molar-refractivity contribution in [3.63, 3.8) is 0 Å². The zero-order chi connectivity index (χ0) is 25.1. The second-order valence-corrected chi connectivity index (χ2v) is 10.1. The number of hydrogen-bond donors (Lipinski definition) is 1. The number of aryl methyl sites for hydroxylation is 1. The Balaban J connectivity index is 1.52. The average molecular weight is 487 g/mol. The fourth-order valence-corrected chi connectivity index (χ4v) is 5.18. The average Bonchev–Trinajstić information content (AvgIpc) is 3.53. The lowest BCUT2D eigenvalue weighted by atomic mass is 9.99. The van der Waals surface area contributed by atoms with Gasteiger partial charge in [0, 0.05) is 30.8 Å². The van der Waals surface area contributed by atoms with Crippen LogP contribution in [0.3, 0.4) is 0 Å². The molecule has 5 rings (SSSR count). The summed E-state index contributed by atoms with van der Waals surface area (Å²) in [6.07, 6.45) is 2.22. The van der Waals surface area contributed by atoms with Crippen LogP contribution in [-0.4, -0.2) is 42.8 Å². The van der Waals surface area contributed by atoms with Crippen LogP contribution in [0, 0.1) is 12.8 Å². The molecule has 1 N–H and O–H groups in total. The molecule has 1 fully saturated rings. The van der Waals surface area contributed by atoms with Crippen LogP contribution in [0.2, 0.25) is 0 Å². The Morgan fingerprint density at radius 2 is 1.97 bits per heavy atom. The summed E-state index contributed by atoms with van der Waals surface area (Å²) in [5.74, 6) is 1.02. The molecule has 0 amide bonds. The zero-order valence-corrected chi connectivity index (χ0v) is 21.2. The van der Waals surface area contributed by atoms with Crippen LogP contribution < -0.4 is 5.56 Å². The number of fused-ring (bicyclic) bond motifs is 1. The molecule has 0 bridgehead atoms. The number of pyridine rings is 1. The predicted molar refractivity (Wildman–Crippen MR) is 139 cm³/mol. The number of nitrogens with zero attached hydrogens (tertiary/aromatic N) is 5. The van der Waals surface area contributed by atoms with Gasteiger partial charge >= 0.3 is 0 Å². The highest BCUT2D eigenvalue weighted by Crippen LogP contribution is 2.31. The van der Waals surface area contributed by atoms with E-state index in [2.05, 4.69) is 63.5 Å². The molecule has 2 atom stereocenters. The zero-order valence-electron chi connectivity index (χ0n) is 21.2. The van der Waals surface area contributed by atoms with E-state index in [0.29, 0.717) is 19.6 Å². The topological polar surface area (TPSA) is 88.9 Å². The Morgan fingerprint density at radius 3 is 2.72 bits per heavy atom. The Bertz CT molecular complexity index is 1360. The van der Waals surface area contributed by atoms with Crippen LogP contribution >= 0.6 is 0 Å². The molecule has 3 heterocycles. The molecule has 2 aromatic carbocycles. The molecule has 0 spiro atoms. The lowest BCUT2D eigenvalue weighted by Crippen LogP contribution is -2.36. The van der Waals surface area contributed by atoms with Gasteiger partial charge in [-0.3, -0.25) is 9.69 Å². The third-order valence-electron chi connectivity index (χ3n) is 6.93. The van der Waals surface area contributed by atoms with Gasteiger partial charge in [0.2, 0.25) is 0 Å². The van der Waals surface area contributed by atoms with Crippen molar-refractivity contribution in [1.82, 2.24) is 30.1 Å². The first kappa shape index (κ1) is 24.3. The van der Waals surface area contributed by atoms with Gasteiger partial charge in [0.1, 0.15) is 0 Å². The minimum Gasteiger partial charge on any atom is -0.376 e. The number of ether oxygens (including phenoxy) is 1. The number of aromatic amines is 1. The largest absolute Gasteiger partial charge is 0.376 e. The summed E-state index contributed by atoms with van der Waals surface area (Å²) in [4.78, 5) is 18.6. The SMILES string of the molecule is Cc1ccc2cc(CN(Cc3ccccc3)C(c3nnnn3CC3CCCO3)C(C)C)c(=O)[nH]c2c1. The number of benzene rings is 2. The van der Waals surface area contributed by atoms with E-state index >= 15 is 0 Å². The number of hydrogen-bond acceptors (Lipinski definition) is 6. The summed E-state index contributed by atoms with van der Waals surface area (Å²) >= 11 is 0. The number of rotatable bonds is 9. The number of H-pyrrole nitrogens is 1. The molecule has 0 saturated carbocycles. The van der Waals surface area contributed by atoms with Crippen LogP contribution in [0.4, 0.5) is 0 Å². The Morgan fingerprint density at radius 1 is 1.14 bits per heavy atom. The summed E-state index contributed by atoms with van der Waals surface area (Å²) in [5.41, 5.74) is 3.82. The fraction of sp³-hybridized carbons (Fsp3) is 0.429. The van der Waals surface area contributed by atoms with E-state index < -0.39 is 0 Å². The molecular formula is C28H34N6O2. The summed E-state index contributed by atoms with van der Waals surface area (Å²) in [6.45, 7) is 8.97. The molecule has 2 aromatic heterocycles. The van der Waals surface area contributed by atoms with Crippen molar-refractivity contribution >= 4 is 10.9 Å². The van der Waals surface area contributed by atoms with Gasteiger partial charge in [-0.25, -0.2) is 4.68 Å². The monoisotopic (exact) mass is 486 g/mol. The van der Waals surface area contributed by atoms with Gasteiger partial charge in [0.15, 0.2) is 5.82 Å². The molecular weight excluding hydrogens is 452 g/mol. The van der Waals surface area contributed by atoms with E-state index in [1.165, 1.54) is 5.56 Å². The Kier molecular flexibility index (Phi) is 7.25. The molecule has 36 heavy (non-hydrogen) atoms. The first-order valence-electron chi connectivity index (χ1n) is 12.8. The predicted octanol–water partition coefficient (Wildman–Crippen LogP) is 4.40. The molecule has 1 saturated heterocycles. The molecule has 0 aliphatic carbocycles. The van der Waals surface area contributed by atoms with Crippen molar-refractivity contribution in [2.24, 2.45) is 5.92 Å². The number of aromatic nitrogens is 5. The van der Waals surface area contributed by atoms with Gasteiger partial charge in [0.25, 0.3) is 5.56 Å². The molecule has 1 aliphatic heterocycles. The molecule has 0 radical (unpaired) electrons. The molecule has 8 heteroatoms. The van der Waals surface area contributed by atoms with Crippen molar-refractivity contribution in [2.45, 2.75) is 65.4 Å². The van der Waals surface area contributed by atoms with E-state index in [-0.39, 0.29) is 23.6 Å². The molecule has 4 aromatic rings. The van der Waals surface area contributed by atoms with Crippen LogP contribution in [0.15, 0.2) is 59.4 Å². The van der Waals surface area contributed by atoms with E-state index in [1.807, 2.05) is 41.9 Å². The molecule has 1 aliphatic rings. The maximum absolute atomic E-state index is 13.2.